The van der Waals surface area contributed by atoms with Crippen LogP contribution in [0.2, 0.25) is 5.02 Å². The van der Waals surface area contributed by atoms with Gasteiger partial charge < -0.3 is 16.4 Å². The van der Waals surface area contributed by atoms with E-state index < -0.39 is 29.1 Å². The minimum Gasteiger partial charge on any atom is -0.367 e. The number of nitrogens with one attached hydrogen (secondary N) is 3. The SMILES string of the molecule is NC(=O)C1(c2ccc(NC(=O)c3ccc(F)cc3Cl)cc2)NCN=C1C(=O)NCCc1ccccn1. The van der Waals surface area contributed by atoms with Crippen molar-refractivity contribution in [2.45, 2.75) is 12.0 Å². The van der Waals surface area contributed by atoms with Crippen LogP contribution in [0.25, 0.3) is 0 Å². The first-order chi connectivity index (χ1) is 17.3. The summed E-state index contributed by atoms with van der Waals surface area (Å²) in [6.45, 7) is 0.314. The van der Waals surface area contributed by atoms with Crippen LogP contribution < -0.4 is 21.7 Å². The molecule has 3 aromatic rings. The van der Waals surface area contributed by atoms with Gasteiger partial charge in [-0.3, -0.25) is 29.7 Å². The molecule has 2 heterocycles. The maximum absolute atomic E-state index is 13.3. The molecule has 0 saturated heterocycles. The molecule has 0 radical (unpaired) electrons. The predicted octanol–water partition coefficient (Wildman–Crippen LogP) is 2.17. The highest BCUT2D eigenvalue weighted by Gasteiger charge is 2.49. The van der Waals surface area contributed by atoms with Gasteiger partial charge >= 0.3 is 0 Å². The van der Waals surface area contributed by atoms with Crippen molar-refractivity contribution in [2.75, 3.05) is 18.5 Å². The predicted molar refractivity (Wildman–Crippen MR) is 133 cm³/mol. The number of hydrogen-bond donors (Lipinski definition) is 4. The van der Waals surface area contributed by atoms with Gasteiger partial charge in [-0.2, -0.15) is 0 Å². The molecule has 1 aliphatic heterocycles. The molecule has 1 aromatic heterocycles. The Kier molecular flexibility index (Phi) is 7.37. The van der Waals surface area contributed by atoms with E-state index in [-0.39, 0.29) is 23.0 Å². The summed E-state index contributed by atoms with van der Waals surface area (Å²) in [5.74, 6) is -2.42. The summed E-state index contributed by atoms with van der Waals surface area (Å²) >= 11 is 5.96. The van der Waals surface area contributed by atoms with Crippen LogP contribution in [0.5, 0.6) is 0 Å². The van der Waals surface area contributed by atoms with Crippen LogP contribution in [0.15, 0.2) is 71.9 Å². The monoisotopic (exact) mass is 508 g/mol. The molecule has 0 spiro atoms. The maximum Gasteiger partial charge on any atom is 0.268 e. The number of aromatic nitrogens is 1. The van der Waals surface area contributed by atoms with Crippen molar-refractivity contribution in [3.63, 3.8) is 0 Å². The van der Waals surface area contributed by atoms with Crippen LogP contribution in [0.3, 0.4) is 0 Å². The van der Waals surface area contributed by atoms with Crippen LogP contribution in [0.4, 0.5) is 10.1 Å². The van der Waals surface area contributed by atoms with E-state index in [1.54, 1.807) is 36.5 Å². The lowest BCUT2D eigenvalue weighted by Gasteiger charge is -2.28. The van der Waals surface area contributed by atoms with E-state index in [2.05, 4.69) is 25.9 Å². The molecule has 1 atom stereocenters. The zero-order valence-electron chi connectivity index (χ0n) is 18.9. The molecule has 0 bridgehead atoms. The molecule has 1 aliphatic rings. The number of carbonyl (C=O) groups is 3. The number of amides is 3. The highest BCUT2D eigenvalue weighted by atomic mass is 35.5. The largest absolute Gasteiger partial charge is 0.367 e. The Morgan fingerprint density at radius 3 is 2.53 bits per heavy atom. The lowest BCUT2D eigenvalue weighted by atomic mass is 9.84. The summed E-state index contributed by atoms with van der Waals surface area (Å²) in [6.07, 6.45) is 2.17. The minimum absolute atomic E-state index is 0.0213. The standard InChI is InChI=1S/C25H22ClFN6O3/c26-20-13-16(27)6-9-19(20)22(34)33-18-7-4-15(5-8-18)25(24(28)36)21(31-14-32-25)23(35)30-12-10-17-3-1-2-11-29-17/h1-9,11,13,32H,10,12,14H2,(H2,28,36)(H,30,35)(H,33,34). The summed E-state index contributed by atoms with van der Waals surface area (Å²) in [4.78, 5) is 46.5. The number of hydrogen-bond acceptors (Lipinski definition) is 6. The Morgan fingerprint density at radius 2 is 1.86 bits per heavy atom. The molecule has 5 N–H and O–H groups in total. The van der Waals surface area contributed by atoms with Gasteiger partial charge in [0.15, 0.2) is 5.54 Å². The third-order valence-electron chi connectivity index (χ3n) is 5.67. The van der Waals surface area contributed by atoms with Gasteiger partial charge in [0.1, 0.15) is 11.5 Å². The average molecular weight is 509 g/mol. The second kappa shape index (κ2) is 10.6. The average Bonchev–Trinajstić information content (AvgIpc) is 3.31. The number of halogens is 2. The van der Waals surface area contributed by atoms with E-state index in [9.17, 15) is 18.8 Å². The number of primary amides is 1. The van der Waals surface area contributed by atoms with Gasteiger partial charge in [-0.05, 0) is 48.0 Å². The van der Waals surface area contributed by atoms with Gasteiger partial charge in [-0.25, -0.2) is 4.39 Å². The molecule has 11 heteroatoms. The summed E-state index contributed by atoms with van der Waals surface area (Å²) in [7, 11) is 0. The molecule has 3 amide bonds. The number of rotatable bonds is 8. The number of aliphatic imine (C=N–C) groups is 1. The van der Waals surface area contributed by atoms with Gasteiger partial charge in [-0.15, -0.1) is 0 Å². The third kappa shape index (κ3) is 5.09. The Labute approximate surface area is 211 Å². The summed E-state index contributed by atoms with van der Waals surface area (Å²) in [5.41, 5.74) is 5.74. The van der Waals surface area contributed by atoms with E-state index >= 15 is 0 Å². The fourth-order valence-corrected chi connectivity index (χ4v) is 4.13. The quantitative estimate of drug-likeness (QED) is 0.369. The van der Waals surface area contributed by atoms with Gasteiger partial charge in [0.25, 0.3) is 11.8 Å². The number of anilines is 1. The number of pyridine rings is 1. The van der Waals surface area contributed by atoms with Crippen LogP contribution in [-0.2, 0) is 21.5 Å². The first-order valence-corrected chi connectivity index (χ1v) is 11.3. The molecule has 1 unspecified atom stereocenters. The van der Waals surface area contributed by atoms with E-state index in [4.69, 9.17) is 17.3 Å². The van der Waals surface area contributed by atoms with Gasteiger partial charge in [0.2, 0.25) is 5.91 Å². The molecule has 0 aliphatic carbocycles. The highest BCUT2D eigenvalue weighted by molar-refractivity contribution is 6.47. The van der Waals surface area contributed by atoms with Crippen LogP contribution in [0, 0.1) is 5.82 Å². The summed E-state index contributed by atoms with van der Waals surface area (Å²) < 4.78 is 13.3. The Morgan fingerprint density at radius 1 is 1.08 bits per heavy atom. The molecule has 2 aromatic carbocycles. The number of benzene rings is 2. The fourth-order valence-electron chi connectivity index (χ4n) is 3.88. The molecule has 0 fully saturated rings. The zero-order chi connectivity index (χ0) is 25.7. The number of nitrogens with zero attached hydrogens (tertiary/aromatic N) is 2. The van der Waals surface area contributed by atoms with Crippen molar-refractivity contribution in [2.24, 2.45) is 10.7 Å². The van der Waals surface area contributed by atoms with Gasteiger partial charge in [-0.1, -0.05) is 29.8 Å². The van der Waals surface area contributed by atoms with Crippen molar-refractivity contribution >= 4 is 40.7 Å². The van der Waals surface area contributed by atoms with Crippen LogP contribution in [-0.4, -0.2) is 41.6 Å². The van der Waals surface area contributed by atoms with E-state index in [1.807, 2.05) is 12.1 Å². The molecule has 9 nitrogen and oxygen atoms in total. The summed E-state index contributed by atoms with van der Waals surface area (Å²) in [6, 6.07) is 15.2. The lowest BCUT2D eigenvalue weighted by molar-refractivity contribution is -0.123. The van der Waals surface area contributed by atoms with Crippen molar-refractivity contribution in [3.8, 4) is 0 Å². The van der Waals surface area contributed by atoms with E-state index in [0.717, 1.165) is 17.8 Å². The topological polar surface area (TPSA) is 139 Å². The van der Waals surface area contributed by atoms with Crippen LogP contribution in [0.1, 0.15) is 21.6 Å². The minimum atomic E-state index is -1.64. The van der Waals surface area contributed by atoms with Gasteiger partial charge in [0.05, 0.1) is 17.3 Å². The Bertz CT molecular complexity index is 1330. The van der Waals surface area contributed by atoms with Crippen LogP contribution >= 0.6 is 11.6 Å². The number of carbonyl (C=O) groups excluding carboxylic acids is 3. The molecule has 0 saturated carbocycles. The second-order valence-corrected chi connectivity index (χ2v) is 8.35. The smallest absolute Gasteiger partial charge is 0.268 e. The Hall–Kier alpha value is -4.15. The fraction of sp³-hybridized carbons (Fsp3) is 0.160. The second-order valence-electron chi connectivity index (χ2n) is 7.94. The molecule has 184 valence electrons. The molecular formula is C25H22ClFN6O3. The normalized spacial score (nSPS) is 16.8. The highest BCUT2D eigenvalue weighted by Crippen LogP contribution is 2.28. The van der Waals surface area contributed by atoms with E-state index in [1.165, 1.54) is 6.07 Å². The van der Waals surface area contributed by atoms with Crippen molar-refractivity contribution < 1.29 is 18.8 Å². The van der Waals surface area contributed by atoms with Crippen molar-refractivity contribution in [1.82, 2.24) is 15.6 Å². The number of nitrogens with two attached hydrogens (primary N) is 1. The lowest BCUT2D eigenvalue weighted by Crippen LogP contribution is -2.58. The maximum atomic E-state index is 13.3. The molecule has 4 rings (SSSR count). The van der Waals surface area contributed by atoms with Gasteiger partial charge in [0, 0.05) is 30.5 Å². The first kappa shape index (κ1) is 25.0. The van der Waals surface area contributed by atoms with E-state index in [0.29, 0.717) is 24.2 Å². The van der Waals surface area contributed by atoms with Crippen molar-refractivity contribution in [3.05, 3.63) is 94.5 Å². The van der Waals surface area contributed by atoms with Crippen molar-refractivity contribution in [1.29, 1.82) is 0 Å². The third-order valence-corrected chi connectivity index (χ3v) is 5.98. The first-order valence-electron chi connectivity index (χ1n) is 11.0. The summed E-state index contributed by atoms with van der Waals surface area (Å²) in [5, 5.41) is 8.33. The Balaban J connectivity index is 1.49. The molecular weight excluding hydrogens is 487 g/mol. The zero-order valence-corrected chi connectivity index (χ0v) is 19.7. The molecule has 36 heavy (non-hydrogen) atoms.